The molecule has 0 amide bonds. The number of halogens is 1. The molecule has 0 saturated heterocycles. The highest BCUT2D eigenvalue weighted by atomic mass is 79.9. The summed E-state index contributed by atoms with van der Waals surface area (Å²) in [6.45, 7) is 9.72. The van der Waals surface area contributed by atoms with Crippen molar-refractivity contribution in [1.82, 2.24) is 0 Å². The normalized spacial score (nSPS) is 44.2. The van der Waals surface area contributed by atoms with Gasteiger partial charge in [0, 0.05) is 18.8 Å². The number of allylic oxidation sites excluding steroid dienone is 1. The van der Waals surface area contributed by atoms with Crippen LogP contribution in [0.25, 0.3) is 0 Å². The van der Waals surface area contributed by atoms with E-state index in [0.717, 1.165) is 51.4 Å². The maximum Gasteiger partial charge on any atom is 0.302 e. The van der Waals surface area contributed by atoms with Crippen molar-refractivity contribution in [1.29, 1.82) is 0 Å². The van der Waals surface area contributed by atoms with Crippen LogP contribution in [-0.4, -0.2) is 45.9 Å². The van der Waals surface area contributed by atoms with Crippen molar-refractivity contribution in [3.05, 3.63) is 24.0 Å². The van der Waals surface area contributed by atoms with Gasteiger partial charge < -0.3 is 19.8 Å². The molecule has 0 spiro atoms. The fourth-order valence-electron chi connectivity index (χ4n) is 7.55. The van der Waals surface area contributed by atoms with E-state index in [0.29, 0.717) is 11.7 Å². The van der Waals surface area contributed by atoms with Crippen LogP contribution in [0.3, 0.4) is 0 Å². The van der Waals surface area contributed by atoms with Crippen LogP contribution in [0.1, 0.15) is 72.1 Å². The lowest BCUT2D eigenvalue weighted by molar-refractivity contribution is -0.301. The number of alkyl halides is 1. The first-order valence-electron chi connectivity index (χ1n) is 12.5. The number of esters is 1. The van der Waals surface area contributed by atoms with Gasteiger partial charge in [0.2, 0.25) is 0 Å². The van der Waals surface area contributed by atoms with Gasteiger partial charge >= 0.3 is 5.97 Å². The van der Waals surface area contributed by atoms with E-state index in [-0.39, 0.29) is 46.9 Å². The zero-order valence-electron chi connectivity index (χ0n) is 20.1. The van der Waals surface area contributed by atoms with Crippen LogP contribution in [-0.2, 0) is 19.3 Å². The molecule has 4 rings (SSSR count). The van der Waals surface area contributed by atoms with E-state index in [1.165, 1.54) is 12.5 Å². The predicted octanol–water partition coefficient (Wildman–Crippen LogP) is 4.83. The van der Waals surface area contributed by atoms with E-state index in [4.69, 9.17) is 14.5 Å². The number of aliphatic hydroxyl groups is 2. The Bertz CT molecular complexity index is 798. The minimum atomic E-state index is -0.584. The van der Waals surface area contributed by atoms with Gasteiger partial charge in [0.1, 0.15) is 18.0 Å². The highest BCUT2D eigenvalue weighted by molar-refractivity contribution is 9.09. The second-order valence-corrected chi connectivity index (χ2v) is 12.1. The van der Waals surface area contributed by atoms with Gasteiger partial charge in [0.05, 0.1) is 17.5 Å². The third-order valence-corrected chi connectivity index (χ3v) is 9.99. The molecule has 0 radical (unpaired) electrons. The topological polar surface area (TPSA) is 85.2 Å². The largest absolute Gasteiger partial charge is 0.461 e. The Hall–Kier alpha value is -0.890. The lowest BCUT2D eigenvalue weighted by atomic mass is 9.47. The number of hydrogen-bond acceptors (Lipinski definition) is 6. The Labute approximate surface area is 205 Å². The summed E-state index contributed by atoms with van der Waals surface area (Å²) in [7, 11) is 0. The van der Waals surface area contributed by atoms with E-state index in [1.54, 1.807) is 0 Å². The van der Waals surface area contributed by atoms with Crippen molar-refractivity contribution in [2.45, 2.75) is 95.3 Å². The minimum absolute atomic E-state index is 0.00682. The summed E-state index contributed by atoms with van der Waals surface area (Å²) in [6, 6.07) is 0. The van der Waals surface area contributed by atoms with Crippen molar-refractivity contribution in [2.75, 3.05) is 6.61 Å². The third-order valence-electron chi connectivity index (χ3n) is 9.13. The predicted molar refractivity (Wildman–Crippen MR) is 128 cm³/mol. The van der Waals surface area contributed by atoms with E-state index in [2.05, 4.69) is 36.4 Å². The molecule has 33 heavy (non-hydrogen) atoms. The highest BCUT2D eigenvalue weighted by Crippen LogP contribution is 2.66. The summed E-state index contributed by atoms with van der Waals surface area (Å²) in [5, 5.41) is 21.9. The molecule has 3 saturated carbocycles. The Morgan fingerprint density at radius 1 is 1.30 bits per heavy atom. The van der Waals surface area contributed by atoms with E-state index >= 15 is 0 Å². The molecule has 4 aliphatic rings. The summed E-state index contributed by atoms with van der Waals surface area (Å²) in [6.07, 6.45) is 7.93. The number of carbonyl (C=O) groups excluding carboxylic acids is 1. The molecule has 0 aromatic heterocycles. The van der Waals surface area contributed by atoms with Crippen molar-refractivity contribution < 1.29 is 29.5 Å². The molecular formula is C26H39BrO6. The number of ether oxygens (including phenoxy) is 1. The van der Waals surface area contributed by atoms with Crippen LogP contribution < -0.4 is 0 Å². The van der Waals surface area contributed by atoms with Crippen molar-refractivity contribution in [3.8, 4) is 0 Å². The SMILES string of the molecule is C=C(CCC)OO[C@H]1CC[C@@]2(C)C(=C[C@H](O)C3C4C[C@@H](Br)C(OC(C)=O)[C@@]4(CO)CCC32)C1. The van der Waals surface area contributed by atoms with Crippen LogP contribution in [0, 0.1) is 28.6 Å². The van der Waals surface area contributed by atoms with Crippen molar-refractivity contribution in [3.63, 3.8) is 0 Å². The smallest absolute Gasteiger partial charge is 0.302 e. The molecule has 4 unspecified atom stereocenters. The molecule has 3 fully saturated rings. The van der Waals surface area contributed by atoms with Crippen LogP contribution in [0.2, 0.25) is 0 Å². The maximum atomic E-state index is 11.8. The molecule has 9 atom stereocenters. The zero-order chi connectivity index (χ0) is 24.0. The van der Waals surface area contributed by atoms with Crippen LogP contribution in [0.15, 0.2) is 24.0 Å². The number of rotatable bonds is 7. The van der Waals surface area contributed by atoms with E-state index < -0.39 is 11.5 Å². The fraction of sp³-hybridized carbons (Fsp3) is 0.808. The third kappa shape index (κ3) is 4.32. The second-order valence-electron chi connectivity index (χ2n) is 10.9. The first kappa shape index (κ1) is 25.2. The Balaban J connectivity index is 1.56. The van der Waals surface area contributed by atoms with Crippen LogP contribution in [0.4, 0.5) is 0 Å². The Morgan fingerprint density at radius 2 is 2.06 bits per heavy atom. The number of fused-ring (bicyclic) bond motifs is 5. The van der Waals surface area contributed by atoms with Gasteiger partial charge in [-0.1, -0.05) is 48.0 Å². The maximum absolute atomic E-state index is 11.8. The van der Waals surface area contributed by atoms with E-state index in [9.17, 15) is 15.0 Å². The molecule has 2 N–H and O–H groups in total. The van der Waals surface area contributed by atoms with Crippen molar-refractivity contribution in [2.24, 2.45) is 28.6 Å². The Morgan fingerprint density at radius 3 is 2.73 bits per heavy atom. The lowest BCUT2D eigenvalue weighted by Gasteiger charge is -2.59. The molecule has 7 heteroatoms. The molecule has 186 valence electrons. The molecule has 0 heterocycles. The number of hydrogen-bond donors (Lipinski definition) is 2. The minimum Gasteiger partial charge on any atom is -0.461 e. The zero-order valence-corrected chi connectivity index (χ0v) is 21.7. The fourth-order valence-corrected chi connectivity index (χ4v) is 8.59. The van der Waals surface area contributed by atoms with Gasteiger partial charge in [0.25, 0.3) is 0 Å². The average Bonchev–Trinajstić information content (AvgIpc) is 3.04. The Kier molecular flexibility index (Phi) is 7.36. The monoisotopic (exact) mass is 526 g/mol. The quantitative estimate of drug-likeness (QED) is 0.123. The molecule has 0 aliphatic heterocycles. The molecule has 4 aliphatic carbocycles. The average molecular weight is 527 g/mol. The molecule has 0 bridgehead atoms. The highest BCUT2D eigenvalue weighted by Gasteiger charge is 2.65. The second kappa shape index (κ2) is 9.63. The molecule has 0 aromatic carbocycles. The van der Waals surface area contributed by atoms with Gasteiger partial charge in [0.15, 0.2) is 0 Å². The van der Waals surface area contributed by atoms with Gasteiger partial charge in [-0.15, -0.1) is 0 Å². The van der Waals surface area contributed by atoms with E-state index in [1.807, 2.05) is 6.08 Å². The number of carbonyl (C=O) groups is 1. The lowest BCUT2D eigenvalue weighted by Crippen LogP contribution is -2.57. The van der Waals surface area contributed by atoms with Gasteiger partial charge in [-0.05, 0) is 68.1 Å². The summed E-state index contributed by atoms with van der Waals surface area (Å²) in [5.41, 5.74) is 0.753. The first-order valence-corrected chi connectivity index (χ1v) is 13.4. The summed E-state index contributed by atoms with van der Waals surface area (Å²) in [5.74, 6) is 0.794. The standard InChI is InChI=1S/C26H39BrO6/c1-5-6-15(2)32-33-18-7-9-25(4)17(11-18)12-22(30)23-19(25)8-10-26(14-28)20(23)13-21(27)24(26)31-16(3)29/h12,18-24,28,30H,2,5-11,13-14H2,1,3-4H3/t18-,19?,20?,21+,22-,23?,24?,25-,26+/m0/s1. The van der Waals surface area contributed by atoms with Crippen LogP contribution >= 0.6 is 15.9 Å². The van der Waals surface area contributed by atoms with Gasteiger partial charge in [-0.25, -0.2) is 0 Å². The number of aliphatic hydroxyl groups excluding tert-OH is 2. The molecular weight excluding hydrogens is 488 g/mol. The molecule has 6 nitrogen and oxygen atoms in total. The summed E-state index contributed by atoms with van der Waals surface area (Å²) in [4.78, 5) is 23.0. The molecule has 0 aromatic rings. The van der Waals surface area contributed by atoms with Gasteiger partial charge in [-0.3, -0.25) is 4.79 Å². The van der Waals surface area contributed by atoms with Crippen LogP contribution in [0.5, 0.6) is 0 Å². The summed E-state index contributed by atoms with van der Waals surface area (Å²) >= 11 is 3.74. The van der Waals surface area contributed by atoms with Crippen molar-refractivity contribution >= 4 is 21.9 Å². The first-order chi connectivity index (χ1) is 15.7. The van der Waals surface area contributed by atoms with Gasteiger partial charge in [-0.2, -0.15) is 4.89 Å². The summed E-state index contributed by atoms with van der Waals surface area (Å²) < 4.78 is 5.73.